The maximum absolute atomic E-state index is 10.6. The van der Waals surface area contributed by atoms with Crippen molar-refractivity contribution < 1.29 is 5.11 Å². The first-order valence-electron chi connectivity index (χ1n) is 6.77. The van der Waals surface area contributed by atoms with Crippen molar-refractivity contribution in [2.75, 3.05) is 14.1 Å². The van der Waals surface area contributed by atoms with Gasteiger partial charge in [-0.2, -0.15) is 0 Å². The fourth-order valence-corrected chi connectivity index (χ4v) is 3.07. The van der Waals surface area contributed by atoms with E-state index in [0.29, 0.717) is 5.92 Å². The minimum Gasteiger partial charge on any atom is -0.391 e. The van der Waals surface area contributed by atoms with Crippen LogP contribution in [0.2, 0.25) is 0 Å². The summed E-state index contributed by atoms with van der Waals surface area (Å²) in [5.41, 5.74) is -0.0677. The smallest absolute Gasteiger partial charge is 0.0748 e. The molecule has 0 aromatic rings. The Labute approximate surface area is 101 Å². The third kappa shape index (κ3) is 2.78. The molecule has 0 amide bonds. The Kier molecular flexibility index (Phi) is 4.81. The van der Waals surface area contributed by atoms with Gasteiger partial charge in [-0.15, -0.1) is 0 Å². The highest BCUT2D eigenvalue weighted by Crippen LogP contribution is 2.36. The topological polar surface area (TPSA) is 23.5 Å². The Morgan fingerprint density at radius 2 is 2.00 bits per heavy atom. The van der Waals surface area contributed by atoms with Gasteiger partial charge >= 0.3 is 0 Å². The van der Waals surface area contributed by atoms with E-state index >= 15 is 0 Å². The van der Waals surface area contributed by atoms with Gasteiger partial charge in [-0.1, -0.05) is 26.7 Å². The maximum Gasteiger partial charge on any atom is 0.0748 e. The zero-order chi connectivity index (χ0) is 12.3. The molecule has 0 bridgehead atoms. The lowest BCUT2D eigenvalue weighted by Crippen LogP contribution is -2.54. The summed E-state index contributed by atoms with van der Waals surface area (Å²) in [7, 11) is 4.16. The van der Waals surface area contributed by atoms with Crippen LogP contribution < -0.4 is 0 Å². The Hall–Kier alpha value is -0.0800. The fraction of sp³-hybridized carbons (Fsp3) is 1.00. The number of aliphatic hydroxyl groups is 1. The van der Waals surface area contributed by atoms with Crippen LogP contribution in [0.1, 0.15) is 52.9 Å². The quantitative estimate of drug-likeness (QED) is 0.798. The number of hydrogen-bond acceptors (Lipinski definition) is 2. The molecule has 16 heavy (non-hydrogen) atoms. The van der Waals surface area contributed by atoms with Crippen LogP contribution in [-0.4, -0.2) is 35.7 Å². The van der Waals surface area contributed by atoms with Gasteiger partial charge < -0.3 is 10.0 Å². The minimum atomic E-state index is -0.185. The van der Waals surface area contributed by atoms with Gasteiger partial charge in [-0.3, -0.25) is 0 Å². The molecular weight excluding hydrogens is 198 g/mol. The largest absolute Gasteiger partial charge is 0.391 e. The average molecular weight is 227 g/mol. The van der Waals surface area contributed by atoms with Gasteiger partial charge in [-0.05, 0) is 52.1 Å². The van der Waals surface area contributed by atoms with Crippen LogP contribution in [0.5, 0.6) is 0 Å². The second-order valence-electron chi connectivity index (χ2n) is 6.08. The summed E-state index contributed by atoms with van der Waals surface area (Å²) < 4.78 is 0. The molecule has 0 saturated heterocycles. The summed E-state index contributed by atoms with van der Waals surface area (Å²) in [5, 5.41) is 10.6. The van der Waals surface area contributed by atoms with Gasteiger partial charge in [-0.25, -0.2) is 0 Å². The highest BCUT2D eigenvalue weighted by atomic mass is 16.3. The summed E-state index contributed by atoms with van der Waals surface area (Å²) in [4.78, 5) is 2.19. The van der Waals surface area contributed by atoms with Crippen LogP contribution in [0.3, 0.4) is 0 Å². The van der Waals surface area contributed by atoms with E-state index in [0.717, 1.165) is 12.3 Å². The van der Waals surface area contributed by atoms with Gasteiger partial charge in [0.15, 0.2) is 0 Å². The minimum absolute atomic E-state index is 0.0677. The normalized spacial score (nSPS) is 32.4. The highest BCUT2D eigenvalue weighted by Gasteiger charge is 2.39. The standard InChI is InChI=1S/C14H29NO/c1-6-14(3,15(4)5)13(16)12-9-7-8-11(2)10-12/h11-13,16H,6-10H2,1-5H3. The molecule has 0 heterocycles. The molecule has 4 unspecified atom stereocenters. The van der Waals surface area contributed by atoms with Crippen molar-refractivity contribution in [3.63, 3.8) is 0 Å². The number of likely N-dealkylation sites (N-methyl/N-ethyl adjacent to an activating group) is 1. The predicted molar refractivity (Wildman–Crippen MR) is 69.5 cm³/mol. The van der Waals surface area contributed by atoms with E-state index in [1.165, 1.54) is 25.7 Å². The van der Waals surface area contributed by atoms with Crippen molar-refractivity contribution in [3.05, 3.63) is 0 Å². The molecule has 0 radical (unpaired) electrons. The monoisotopic (exact) mass is 227 g/mol. The van der Waals surface area contributed by atoms with Crippen LogP contribution >= 0.6 is 0 Å². The summed E-state index contributed by atoms with van der Waals surface area (Å²) in [6.45, 7) is 6.68. The van der Waals surface area contributed by atoms with Crippen molar-refractivity contribution in [1.29, 1.82) is 0 Å². The van der Waals surface area contributed by atoms with Gasteiger partial charge in [0.05, 0.1) is 6.10 Å². The third-order valence-corrected chi connectivity index (χ3v) is 4.80. The second kappa shape index (κ2) is 5.50. The first kappa shape index (κ1) is 14.0. The lowest BCUT2D eigenvalue weighted by Gasteiger charge is -2.45. The van der Waals surface area contributed by atoms with E-state index in [1.807, 2.05) is 0 Å². The summed E-state index contributed by atoms with van der Waals surface area (Å²) in [6.07, 6.45) is 5.85. The molecule has 0 aromatic carbocycles. The number of hydrogen-bond donors (Lipinski definition) is 1. The summed E-state index contributed by atoms with van der Waals surface area (Å²) in [6, 6.07) is 0. The SMILES string of the molecule is CCC(C)(C(O)C1CCCC(C)C1)N(C)C. The maximum atomic E-state index is 10.6. The molecule has 2 heteroatoms. The highest BCUT2D eigenvalue weighted by molar-refractivity contribution is 4.94. The van der Waals surface area contributed by atoms with Crippen LogP contribution in [0.15, 0.2) is 0 Å². The molecule has 2 nitrogen and oxygen atoms in total. The van der Waals surface area contributed by atoms with Crippen molar-refractivity contribution in [2.24, 2.45) is 11.8 Å². The summed E-state index contributed by atoms with van der Waals surface area (Å²) >= 11 is 0. The molecule has 0 aromatic heterocycles. The van der Waals surface area contributed by atoms with Crippen molar-refractivity contribution in [1.82, 2.24) is 4.90 Å². The zero-order valence-corrected chi connectivity index (χ0v) is 11.7. The zero-order valence-electron chi connectivity index (χ0n) is 11.7. The molecule has 1 fully saturated rings. The van der Waals surface area contributed by atoms with Crippen molar-refractivity contribution in [2.45, 2.75) is 64.5 Å². The molecule has 4 atom stereocenters. The lowest BCUT2D eigenvalue weighted by atomic mass is 9.73. The average Bonchev–Trinajstić information content (AvgIpc) is 2.26. The summed E-state index contributed by atoms with van der Waals surface area (Å²) in [5.74, 6) is 1.28. The van der Waals surface area contributed by atoms with Gasteiger partial charge in [0.1, 0.15) is 0 Å². The number of nitrogens with zero attached hydrogens (tertiary/aromatic N) is 1. The lowest BCUT2D eigenvalue weighted by molar-refractivity contribution is -0.0478. The molecule has 1 N–H and O–H groups in total. The van der Waals surface area contributed by atoms with E-state index in [9.17, 15) is 5.11 Å². The van der Waals surface area contributed by atoms with Crippen LogP contribution in [-0.2, 0) is 0 Å². The Morgan fingerprint density at radius 3 is 2.44 bits per heavy atom. The first-order chi connectivity index (χ1) is 7.41. The third-order valence-electron chi connectivity index (χ3n) is 4.80. The van der Waals surface area contributed by atoms with E-state index in [-0.39, 0.29) is 11.6 Å². The van der Waals surface area contributed by atoms with E-state index in [4.69, 9.17) is 0 Å². The molecule has 0 spiro atoms. The Bertz CT molecular complexity index is 217. The van der Waals surface area contributed by atoms with Crippen molar-refractivity contribution in [3.8, 4) is 0 Å². The fourth-order valence-electron chi connectivity index (χ4n) is 3.07. The predicted octanol–water partition coefficient (Wildman–Crippen LogP) is 2.90. The van der Waals surface area contributed by atoms with Gasteiger partial charge in [0.25, 0.3) is 0 Å². The second-order valence-corrected chi connectivity index (χ2v) is 6.08. The van der Waals surface area contributed by atoms with E-state index in [2.05, 4.69) is 39.8 Å². The molecule has 96 valence electrons. The number of rotatable bonds is 4. The number of aliphatic hydroxyl groups excluding tert-OH is 1. The van der Waals surface area contributed by atoms with Gasteiger partial charge in [0, 0.05) is 5.54 Å². The van der Waals surface area contributed by atoms with Gasteiger partial charge in [0.2, 0.25) is 0 Å². The van der Waals surface area contributed by atoms with E-state index < -0.39 is 0 Å². The molecule has 1 rings (SSSR count). The van der Waals surface area contributed by atoms with E-state index in [1.54, 1.807) is 0 Å². The molecule has 1 saturated carbocycles. The molecule has 1 aliphatic carbocycles. The Balaban J connectivity index is 2.70. The molecular formula is C14H29NO. The first-order valence-corrected chi connectivity index (χ1v) is 6.77. The molecule has 0 aliphatic heterocycles. The van der Waals surface area contributed by atoms with Crippen LogP contribution in [0.4, 0.5) is 0 Å². The van der Waals surface area contributed by atoms with Crippen molar-refractivity contribution >= 4 is 0 Å². The molecule has 1 aliphatic rings. The van der Waals surface area contributed by atoms with Crippen LogP contribution in [0, 0.1) is 11.8 Å². The Morgan fingerprint density at radius 1 is 1.38 bits per heavy atom. The van der Waals surface area contributed by atoms with Crippen LogP contribution in [0.25, 0.3) is 0 Å².